The average Bonchev–Trinajstić information content (AvgIpc) is 3.81. The minimum Gasteiger partial charge on any atom is -0.434 e. The normalized spacial score (nSPS) is 12.7. The van der Waals surface area contributed by atoms with Crippen LogP contribution in [0.25, 0.3) is 22.5 Å². The molecule has 0 aliphatic carbocycles. The molecule has 0 spiro atoms. The molecule has 23 nitrogen and oxygen atoms in total. The number of aliphatic hydroxyl groups is 1. The predicted molar refractivity (Wildman–Crippen MR) is 196 cm³/mol. The lowest BCUT2D eigenvalue weighted by Crippen LogP contribution is -2.27. The topological polar surface area (TPSA) is 285 Å². The van der Waals surface area contributed by atoms with E-state index in [4.69, 9.17) is 44.5 Å². The van der Waals surface area contributed by atoms with Crippen molar-refractivity contribution in [2.45, 2.75) is 85.0 Å². The van der Waals surface area contributed by atoms with Gasteiger partial charge in [-0.3, -0.25) is 30.5 Å². The third-order valence-corrected chi connectivity index (χ3v) is 8.05. The first-order chi connectivity index (χ1) is 28.1. The molecule has 2 aromatic heterocycles. The summed E-state index contributed by atoms with van der Waals surface area (Å²) in [4.78, 5) is 52.5. The number of carbonyl (C=O) groups excluding carboxylic acids is 3. The van der Waals surface area contributed by atoms with Gasteiger partial charge in [-0.2, -0.15) is 0 Å². The van der Waals surface area contributed by atoms with Gasteiger partial charge in [0, 0.05) is 38.3 Å². The van der Waals surface area contributed by atoms with E-state index in [0.717, 1.165) is 21.5 Å². The minimum absolute atomic E-state index is 0.0266. The number of esters is 1. The van der Waals surface area contributed by atoms with Gasteiger partial charge >= 0.3 is 18.3 Å². The molecule has 0 aliphatic rings. The Labute approximate surface area is 337 Å². The van der Waals surface area contributed by atoms with Crippen LogP contribution in [0.3, 0.4) is 0 Å². The molecule has 59 heavy (non-hydrogen) atoms. The summed E-state index contributed by atoms with van der Waals surface area (Å²) in [6.07, 6.45) is -3.07. The summed E-state index contributed by atoms with van der Waals surface area (Å²) in [7, 11) is 0. The van der Waals surface area contributed by atoms with Crippen molar-refractivity contribution in [3.05, 3.63) is 71.3 Å². The van der Waals surface area contributed by atoms with Crippen LogP contribution in [-0.4, -0.2) is 117 Å². The number of carbonyl (C=O) groups is 3. The van der Waals surface area contributed by atoms with Crippen LogP contribution >= 0.6 is 0 Å². The third-order valence-electron chi connectivity index (χ3n) is 8.05. The van der Waals surface area contributed by atoms with Crippen molar-refractivity contribution in [2.24, 2.45) is 0 Å². The smallest absolute Gasteiger partial charge is 0.434 e. The van der Waals surface area contributed by atoms with Gasteiger partial charge in [-0.1, -0.05) is 55.5 Å². The number of tetrazole rings is 1. The maximum Gasteiger partial charge on any atom is 0.511 e. The number of aromatic nitrogens is 6. The van der Waals surface area contributed by atoms with E-state index in [1.807, 2.05) is 55.5 Å². The fourth-order valence-electron chi connectivity index (χ4n) is 5.45. The summed E-state index contributed by atoms with van der Waals surface area (Å²) < 4.78 is 27.2. The fourth-order valence-corrected chi connectivity index (χ4v) is 5.45. The van der Waals surface area contributed by atoms with Gasteiger partial charge in [0.2, 0.25) is 18.3 Å². The van der Waals surface area contributed by atoms with Crippen molar-refractivity contribution in [3.63, 3.8) is 0 Å². The van der Waals surface area contributed by atoms with E-state index in [9.17, 15) is 19.5 Å². The van der Waals surface area contributed by atoms with Gasteiger partial charge in [-0.05, 0) is 49.1 Å². The fraction of sp³-hybridized carbons (Fsp3) is 0.472. The maximum absolute atomic E-state index is 13.7. The average molecular weight is 833 g/mol. The van der Waals surface area contributed by atoms with E-state index in [1.54, 1.807) is 4.57 Å². The van der Waals surface area contributed by atoms with Gasteiger partial charge in [-0.25, -0.2) is 19.4 Å². The summed E-state index contributed by atoms with van der Waals surface area (Å²) in [5, 5.41) is 57.0. The van der Waals surface area contributed by atoms with Crippen LogP contribution < -0.4 is 0 Å². The molecule has 2 aromatic carbocycles. The Balaban J connectivity index is 1.48. The van der Waals surface area contributed by atoms with Crippen molar-refractivity contribution in [1.82, 2.24) is 40.5 Å². The first kappa shape index (κ1) is 46.1. The van der Waals surface area contributed by atoms with Crippen molar-refractivity contribution in [2.75, 3.05) is 26.4 Å². The summed E-state index contributed by atoms with van der Waals surface area (Å²) in [5.41, 5.74) is 1.48. The molecule has 0 amide bonds. The van der Waals surface area contributed by atoms with Gasteiger partial charge in [0.1, 0.15) is 17.1 Å². The second kappa shape index (κ2) is 21.9. The number of benzene rings is 2. The van der Waals surface area contributed by atoms with E-state index < -0.39 is 47.2 Å². The molecule has 2 unspecified atom stereocenters. The predicted octanol–water partition coefficient (Wildman–Crippen LogP) is 4.56. The molecule has 4 rings (SSSR count). The molecule has 0 saturated carbocycles. The lowest BCUT2D eigenvalue weighted by atomic mass is 9.98. The van der Waals surface area contributed by atoms with Gasteiger partial charge < -0.3 is 33.4 Å². The Bertz CT molecular complexity index is 1960. The SMILES string of the molecule is CCCc1nc(C(C)(C)O)c(C(=O)OC(C)OC(=O)OCCCON(O)O)n1Cc1ccc(-c2ccccc2-c2nnn(C(C)OC(=O)OCCCON(O)O)n2)cc1. The van der Waals surface area contributed by atoms with Gasteiger partial charge in [0.25, 0.3) is 0 Å². The molecule has 0 bridgehead atoms. The van der Waals surface area contributed by atoms with Crippen LogP contribution in [-0.2, 0) is 51.9 Å². The summed E-state index contributed by atoms with van der Waals surface area (Å²) in [6.45, 7) is 7.39. The van der Waals surface area contributed by atoms with Crippen LogP contribution in [0.1, 0.15) is 87.7 Å². The molecule has 0 fully saturated rings. The quantitative estimate of drug-likeness (QED) is 0.0238. The van der Waals surface area contributed by atoms with E-state index in [0.29, 0.717) is 24.2 Å². The molecule has 0 saturated heterocycles. The van der Waals surface area contributed by atoms with E-state index in [2.05, 4.69) is 30.1 Å². The van der Waals surface area contributed by atoms with Crippen molar-refractivity contribution < 1.29 is 73.7 Å². The largest absolute Gasteiger partial charge is 0.511 e. The Morgan fingerprint density at radius 1 is 0.814 bits per heavy atom. The number of rotatable bonds is 22. The van der Waals surface area contributed by atoms with Gasteiger partial charge in [0.15, 0.2) is 5.69 Å². The van der Waals surface area contributed by atoms with Crippen LogP contribution in [0.4, 0.5) is 9.59 Å². The molecular weight excluding hydrogens is 784 g/mol. The number of nitrogens with zero attached hydrogens (tertiary/aromatic N) is 8. The highest BCUT2D eigenvalue weighted by Crippen LogP contribution is 2.31. The van der Waals surface area contributed by atoms with Crippen molar-refractivity contribution in [1.29, 1.82) is 0 Å². The van der Waals surface area contributed by atoms with Gasteiger partial charge in [-0.15, -0.1) is 15.0 Å². The summed E-state index contributed by atoms with van der Waals surface area (Å²) in [5.74, 6) is -0.118. The maximum atomic E-state index is 13.7. The van der Waals surface area contributed by atoms with Crippen LogP contribution in [0.2, 0.25) is 0 Å². The second-order valence-electron chi connectivity index (χ2n) is 13.2. The van der Waals surface area contributed by atoms with Gasteiger partial charge in [0.05, 0.1) is 37.2 Å². The van der Waals surface area contributed by atoms with Crippen molar-refractivity contribution in [3.8, 4) is 22.5 Å². The minimum atomic E-state index is -1.55. The Morgan fingerprint density at radius 2 is 1.41 bits per heavy atom. The number of aryl methyl sites for hydroxylation is 1. The first-order valence-electron chi connectivity index (χ1n) is 18.4. The third kappa shape index (κ3) is 14.0. The number of hydrogen-bond donors (Lipinski definition) is 5. The van der Waals surface area contributed by atoms with E-state index in [-0.39, 0.29) is 63.0 Å². The monoisotopic (exact) mass is 832 g/mol. The molecule has 2 atom stereocenters. The highest BCUT2D eigenvalue weighted by Gasteiger charge is 2.34. The highest BCUT2D eigenvalue weighted by atomic mass is 17.1. The first-order valence-corrected chi connectivity index (χ1v) is 18.4. The lowest BCUT2D eigenvalue weighted by molar-refractivity contribution is -0.493. The Kier molecular flexibility index (Phi) is 17.1. The molecular formula is C36H48N8O15. The number of hydrogen-bond acceptors (Lipinski definition) is 21. The Hall–Kier alpha value is -5.63. The molecule has 5 N–H and O–H groups in total. The van der Waals surface area contributed by atoms with E-state index >= 15 is 0 Å². The Morgan fingerprint density at radius 3 is 1.98 bits per heavy atom. The van der Waals surface area contributed by atoms with Crippen LogP contribution in [0.15, 0.2) is 48.5 Å². The molecule has 0 radical (unpaired) electrons. The zero-order valence-corrected chi connectivity index (χ0v) is 33.0. The van der Waals surface area contributed by atoms with Crippen molar-refractivity contribution >= 4 is 18.3 Å². The summed E-state index contributed by atoms with van der Waals surface area (Å²) >= 11 is 0. The highest BCUT2D eigenvalue weighted by molar-refractivity contribution is 5.89. The molecule has 0 aliphatic heterocycles. The van der Waals surface area contributed by atoms with Crippen LogP contribution in [0, 0.1) is 0 Å². The zero-order valence-electron chi connectivity index (χ0n) is 33.0. The second-order valence-corrected chi connectivity index (χ2v) is 13.2. The van der Waals surface area contributed by atoms with E-state index in [1.165, 1.54) is 27.7 Å². The molecule has 23 heteroatoms. The standard InChI is InChI=1S/C36H48N8O15/c1-6-11-29-37-31(36(4,5)48)30(33(45)58-24(3)59-35(47)54-19-10-21-56-44(51)52)41(29)22-25-14-16-26(17-15-25)27-12-7-8-13-28(27)32-38-40-42(39-32)23(2)57-34(46)53-18-9-20-55-43(49)50/h7-8,12-17,23-24,48-52H,6,9-11,18-22H2,1-5H3. The molecule has 4 aromatic rings. The number of imidazole rings is 1. The number of ether oxygens (including phenoxy) is 5. The lowest BCUT2D eigenvalue weighted by Gasteiger charge is -2.19. The van der Waals surface area contributed by atoms with Crippen LogP contribution in [0.5, 0.6) is 0 Å². The molecule has 2 heterocycles. The zero-order chi connectivity index (χ0) is 43.1. The molecule has 322 valence electrons. The summed E-state index contributed by atoms with van der Waals surface area (Å²) in [6, 6.07) is 14.9.